The van der Waals surface area contributed by atoms with Crippen molar-refractivity contribution in [2.75, 3.05) is 0 Å². The van der Waals surface area contributed by atoms with E-state index in [0.717, 1.165) is 47.3 Å². The molecule has 4 saturated carbocycles. The molecule has 0 saturated heterocycles. The highest BCUT2D eigenvalue weighted by Crippen LogP contribution is 2.79. The number of allylic oxidation sites excluding steroid dienone is 2. The summed E-state index contributed by atoms with van der Waals surface area (Å²) in [5, 5.41) is 0.413. The van der Waals surface area contributed by atoms with Gasteiger partial charge in [-0.05, 0) is 113 Å². The van der Waals surface area contributed by atoms with Crippen molar-refractivity contribution in [2.45, 2.75) is 30.9 Å². The lowest BCUT2D eigenvalue weighted by atomic mass is 9.64. The van der Waals surface area contributed by atoms with Crippen molar-refractivity contribution >= 4 is 39.7 Å². The van der Waals surface area contributed by atoms with Crippen molar-refractivity contribution in [2.24, 2.45) is 47.3 Å². The van der Waals surface area contributed by atoms with E-state index in [4.69, 9.17) is 32.0 Å². The van der Waals surface area contributed by atoms with Gasteiger partial charge >= 0.3 is 0 Å². The maximum absolute atomic E-state index is 6.34. The first-order chi connectivity index (χ1) is 9.05. The van der Waals surface area contributed by atoms with Gasteiger partial charge in [-0.2, -0.15) is 0 Å². The van der Waals surface area contributed by atoms with Crippen LogP contribution in [0.4, 0.5) is 0 Å². The zero-order valence-electron chi connectivity index (χ0n) is 10.7. The number of hydrogen-bond acceptors (Lipinski definition) is 0. The van der Waals surface area contributed by atoms with E-state index in [2.05, 4.69) is 12.2 Å². The van der Waals surface area contributed by atoms with Gasteiger partial charge < -0.3 is 0 Å². The third-order valence-electron chi connectivity index (χ3n) is 7.25. The molecule has 0 aromatic heterocycles. The third-order valence-corrected chi connectivity index (χ3v) is 10.5. The fourth-order valence-corrected chi connectivity index (χ4v) is 10.0. The second kappa shape index (κ2) is 3.83. The summed E-state index contributed by atoms with van der Waals surface area (Å²) in [6.07, 6.45) is 10.4. The predicted octanol–water partition coefficient (Wildman–Crippen LogP) is 5.74. The maximum Gasteiger partial charge on any atom is 0.0312 e. The Hall–Kier alpha value is 0.960. The maximum atomic E-state index is 6.34. The second-order valence-electron chi connectivity index (χ2n) is 7.50. The minimum Gasteiger partial charge on any atom is -0.0879 e. The number of fused-ring (bicyclic) bond motifs is 12. The van der Waals surface area contributed by atoms with Gasteiger partial charge in [0.2, 0.25) is 0 Å². The summed E-state index contributed by atoms with van der Waals surface area (Å²) in [6, 6.07) is 0. The molecular weight excluding hydrogens is 319 g/mol. The smallest absolute Gasteiger partial charge is 0.0312 e. The summed E-state index contributed by atoms with van der Waals surface area (Å²) >= 11 is 0. The standard InChI is InChI=1S/C15H19Cl3S/c16-19(17,18)13-5-7-4-12(13)15-11-6-10(14(7)15)8-2-1-3-9(8)11/h1-2,7-15H,3-6H2. The molecule has 0 amide bonds. The van der Waals surface area contributed by atoms with Crippen molar-refractivity contribution in [3.8, 4) is 0 Å². The monoisotopic (exact) mass is 336 g/mol. The Balaban J connectivity index is 1.50. The van der Waals surface area contributed by atoms with Crippen LogP contribution >= 0.6 is 39.7 Å². The van der Waals surface area contributed by atoms with Gasteiger partial charge in [0, 0.05) is 5.25 Å². The topological polar surface area (TPSA) is 0 Å². The molecule has 0 aromatic rings. The van der Waals surface area contributed by atoms with Gasteiger partial charge in [0.05, 0.1) is 0 Å². The Morgan fingerprint density at radius 3 is 2.47 bits per heavy atom. The third kappa shape index (κ3) is 1.47. The fourth-order valence-electron chi connectivity index (χ4n) is 7.05. The van der Waals surface area contributed by atoms with E-state index in [9.17, 15) is 0 Å². The van der Waals surface area contributed by atoms with Crippen LogP contribution in [0, 0.1) is 47.3 Å². The summed E-state index contributed by atoms with van der Waals surface area (Å²) in [6.45, 7) is 0. The first-order valence-electron chi connectivity index (χ1n) is 7.63. The summed E-state index contributed by atoms with van der Waals surface area (Å²) in [5.74, 6) is 7.35. The van der Waals surface area contributed by atoms with Crippen LogP contribution in [0.5, 0.6) is 0 Å². The summed E-state index contributed by atoms with van der Waals surface area (Å²) < 4.78 is 0. The molecule has 0 nitrogen and oxygen atoms in total. The Kier molecular flexibility index (Phi) is 2.52. The Morgan fingerprint density at radius 2 is 1.68 bits per heavy atom. The average molecular weight is 338 g/mol. The van der Waals surface area contributed by atoms with Gasteiger partial charge in [0.25, 0.3) is 0 Å². The molecule has 0 aliphatic heterocycles. The van der Waals surface area contributed by atoms with Crippen LogP contribution in [0.3, 0.4) is 0 Å². The molecular formula is C15H19Cl3S. The highest BCUT2D eigenvalue weighted by atomic mass is 36.2. The zero-order chi connectivity index (χ0) is 12.9. The second-order valence-corrected chi connectivity index (χ2v) is 14.8. The molecule has 0 N–H and O–H groups in total. The van der Waals surface area contributed by atoms with Crippen LogP contribution in [0.25, 0.3) is 0 Å². The van der Waals surface area contributed by atoms with Crippen LogP contribution < -0.4 is 0 Å². The highest BCUT2D eigenvalue weighted by Gasteiger charge is 2.68. The first kappa shape index (κ1) is 12.5. The largest absolute Gasteiger partial charge is 0.0879 e. The molecule has 0 aromatic carbocycles. The van der Waals surface area contributed by atoms with E-state index < -0.39 is 7.67 Å². The minimum absolute atomic E-state index is 0.413. The fraction of sp³-hybridized carbons (Fsp3) is 0.867. The van der Waals surface area contributed by atoms with E-state index in [-0.39, 0.29) is 0 Å². The molecule has 9 unspecified atom stereocenters. The number of rotatable bonds is 1. The predicted molar refractivity (Wildman–Crippen MR) is 84.5 cm³/mol. The molecule has 9 atom stereocenters. The van der Waals surface area contributed by atoms with Gasteiger partial charge in [0.15, 0.2) is 0 Å². The molecule has 4 fully saturated rings. The van der Waals surface area contributed by atoms with Gasteiger partial charge in [-0.3, -0.25) is 0 Å². The summed E-state index contributed by atoms with van der Waals surface area (Å²) in [4.78, 5) is 0. The van der Waals surface area contributed by atoms with E-state index in [1.165, 1.54) is 25.7 Å². The Morgan fingerprint density at radius 1 is 0.842 bits per heavy atom. The van der Waals surface area contributed by atoms with E-state index >= 15 is 0 Å². The lowest BCUT2D eigenvalue weighted by Gasteiger charge is -2.45. The summed E-state index contributed by atoms with van der Waals surface area (Å²) in [5.41, 5.74) is 0. The van der Waals surface area contributed by atoms with E-state index in [0.29, 0.717) is 5.25 Å². The first-order valence-corrected chi connectivity index (χ1v) is 11.8. The minimum atomic E-state index is -1.91. The molecule has 106 valence electrons. The van der Waals surface area contributed by atoms with Crippen LogP contribution in [0.1, 0.15) is 25.7 Å². The normalized spacial score (nSPS) is 61.7. The van der Waals surface area contributed by atoms with E-state index in [1.807, 2.05) is 0 Å². The zero-order valence-corrected chi connectivity index (χ0v) is 13.8. The van der Waals surface area contributed by atoms with Crippen LogP contribution in [-0.2, 0) is 0 Å². The molecule has 5 aliphatic carbocycles. The molecule has 4 bridgehead atoms. The molecule has 0 spiro atoms. The lowest BCUT2D eigenvalue weighted by molar-refractivity contribution is 0.0850. The van der Waals surface area contributed by atoms with Crippen molar-refractivity contribution in [3.63, 3.8) is 0 Å². The van der Waals surface area contributed by atoms with Gasteiger partial charge in [-0.25, -0.2) is 0 Å². The SMILES string of the molecule is ClS(Cl)(Cl)C1CC2CC1C1C3CC(C4C=CCC43)C21. The van der Waals surface area contributed by atoms with Gasteiger partial charge in [-0.1, -0.05) is 12.2 Å². The molecule has 5 rings (SSSR count). The van der Waals surface area contributed by atoms with Gasteiger partial charge in [-0.15, -0.1) is 0 Å². The molecule has 4 heteroatoms. The van der Waals surface area contributed by atoms with Crippen molar-refractivity contribution in [1.82, 2.24) is 0 Å². The summed E-state index contributed by atoms with van der Waals surface area (Å²) in [7, 11) is 17.1. The van der Waals surface area contributed by atoms with E-state index in [1.54, 1.807) is 0 Å². The molecule has 0 heterocycles. The van der Waals surface area contributed by atoms with Crippen LogP contribution in [0.2, 0.25) is 0 Å². The Bertz CT molecular complexity index is 457. The van der Waals surface area contributed by atoms with Crippen LogP contribution in [0.15, 0.2) is 12.2 Å². The lowest BCUT2D eigenvalue weighted by Crippen LogP contribution is -2.40. The average Bonchev–Trinajstić information content (AvgIpc) is 3.11. The van der Waals surface area contributed by atoms with Crippen molar-refractivity contribution < 1.29 is 0 Å². The Labute approximate surface area is 130 Å². The van der Waals surface area contributed by atoms with Crippen LogP contribution in [-0.4, -0.2) is 5.25 Å². The molecule has 5 aliphatic rings. The number of halogens is 3. The van der Waals surface area contributed by atoms with Gasteiger partial charge in [0.1, 0.15) is 0 Å². The van der Waals surface area contributed by atoms with Crippen molar-refractivity contribution in [3.05, 3.63) is 12.2 Å². The molecule has 19 heavy (non-hydrogen) atoms. The van der Waals surface area contributed by atoms with Crippen molar-refractivity contribution in [1.29, 1.82) is 0 Å². The number of hydrogen-bond donors (Lipinski definition) is 0. The quantitative estimate of drug-likeness (QED) is 0.423. The molecule has 0 radical (unpaired) electrons. The highest BCUT2D eigenvalue weighted by molar-refractivity contribution is 8.79.